The molecule has 0 aromatic rings. The Kier molecular flexibility index (Phi) is 6.19. The fourth-order valence-corrected chi connectivity index (χ4v) is 5.60. The Morgan fingerprint density at radius 1 is 1.32 bits per heavy atom. The average Bonchev–Trinajstić information content (AvgIpc) is 3.07. The molecule has 4 aliphatic carbocycles. The van der Waals surface area contributed by atoms with E-state index in [-0.39, 0.29) is 42.1 Å². The highest BCUT2D eigenvalue weighted by Crippen LogP contribution is 2.67. The van der Waals surface area contributed by atoms with Crippen LogP contribution in [0.15, 0.2) is 0 Å². The third kappa shape index (κ3) is 4.48. The van der Waals surface area contributed by atoms with E-state index in [4.69, 9.17) is 25.9 Å². The van der Waals surface area contributed by atoms with Gasteiger partial charge in [0.05, 0.1) is 24.7 Å². The van der Waals surface area contributed by atoms with Crippen molar-refractivity contribution >= 4 is 17.5 Å². The molecular weight excluding hydrogens is 387 g/mol. The van der Waals surface area contributed by atoms with Crippen molar-refractivity contribution in [1.29, 1.82) is 0 Å². The molecular formula is C20H32ClFN2O4. The van der Waals surface area contributed by atoms with Gasteiger partial charge in [-0.1, -0.05) is 6.92 Å². The molecule has 1 amide bonds. The minimum atomic E-state index is -1.04. The number of nitrogens with one attached hydrogen (secondary N) is 2. The lowest BCUT2D eigenvalue weighted by molar-refractivity contribution is -0.198. The number of carbonyl (C=O) groups excluding carboxylic acids is 1. The highest BCUT2D eigenvalue weighted by atomic mass is 35.5. The second-order valence-electron chi connectivity index (χ2n) is 9.35. The van der Waals surface area contributed by atoms with Crippen molar-refractivity contribution in [3.05, 3.63) is 0 Å². The Morgan fingerprint density at radius 2 is 2.11 bits per heavy atom. The maximum atomic E-state index is 13.6. The zero-order chi connectivity index (χ0) is 19.8. The SMILES string of the molecule is CCC1CC(COCC23CC(NC(=O)COC4CCC(Cl)C(F)C4)(C2)C3)ON1. The van der Waals surface area contributed by atoms with Gasteiger partial charge in [-0.15, -0.1) is 11.6 Å². The molecule has 2 N–H and O–H groups in total. The normalized spacial score (nSPS) is 44.6. The summed E-state index contributed by atoms with van der Waals surface area (Å²) in [5, 5.41) is 2.69. The van der Waals surface area contributed by atoms with E-state index < -0.39 is 11.5 Å². The van der Waals surface area contributed by atoms with E-state index >= 15 is 0 Å². The van der Waals surface area contributed by atoms with Crippen LogP contribution in [0.3, 0.4) is 0 Å². The number of alkyl halides is 2. The Hall–Kier alpha value is -0.470. The maximum absolute atomic E-state index is 13.6. The topological polar surface area (TPSA) is 68.8 Å². The highest BCUT2D eigenvalue weighted by Gasteiger charge is 2.68. The quantitative estimate of drug-likeness (QED) is 0.563. The summed E-state index contributed by atoms with van der Waals surface area (Å²) in [6.45, 7) is 3.50. The van der Waals surface area contributed by atoms with E-state index in [1.807, 2.05) is 0 Å². The van der Waals surface area contributed by atoms with Crippen molar-refractivity contribution < 1.29 is 23.5 Å². The van der Waals surface area contributed by atoms with Crippen molar-refractivity contribution in [2.24, 2.45) is 5.41 Å². The highest BCUT2D eigenvalue weighted by molar-refractivity contribution is 6.21. The van der Waals surface area contributed by atoms with Gasteiger partial charge in [0.1, 0.15) is 18.9 Å². The smallest absolute Gasteiger partial charge is 0.246 e. The van der Waals surface area contributed by atoms with Gasteiger partial charge in [-0.25, -0.2) is 4.39 Å². The van der Waals surface area contributed by atoms with Gasteiger partial charge in [0, 0.05) is 23.4 Å². The minimum Gasteiger partial charge on any atom is -0.378 e. The van der Waals surface area contributed by atoms with Gasteiger partial charge in [-0.3, -0.25) is 9.63 Å². The molecule has 0 radical (unpaired) electrons. The summed E-state index contributed by atoms with van der Waals surface area (Å²) in [7, 11) is 0. The molecule has 160 valence electrons. The molecule has 4 saturated carbocycles. The number of hydroxylamine groups is 1. The molecule has 5 unspecified atom stereocenters. The molecule has 1 saturated heterocycles. The third-order valence-electron chi connectivity index (χ3n) is 6.79. The first-order chi connectivity index (χ1) is 13.4. The maximum Gasteiger partial charge on any atom is 0.246 e. The van der Waals surface area contributed by atoms with E-state index in [1.165, 1.54) is 0 Å². The number of hydrogen-bond donors (Lipinski definition) is 2. The lowest BCUT2D eigenvalue weighted by Gasteiger charge is -2.70. The predicted octanol–water partition coefficient (Wildman–Crippen LogP) is 2.63. The zero-order valence-corrected chi connectivity index (χ0v) is 17.3. The largest absolute Gasteiger partial charge is 0.378 e. The standard InChI is InChI=1S/C20H32ClFN2O4/c1-2-13-5-15(28-24-13)7-26-12-19-9-20(10-19,11-19)23-18(25)8-27-14-3-4-16(21)17(22)6-14/h13-17,24H,2-12H2,1H3,(H,23,25). The Balaban J connectivity index is 1.08. The summed E-state index contributed by atoms with van der Waals surface area (Å²) in [6, 6.07) is 0.435. The molecule has 1 heterocycles. The van der Waals surface area contributed by atoms with Crippen LogP contribution in [-0.2, 0) is 19.1 Å². The van der Waals surface area contributed by atoms with Crippen molar-refractivity contribution in [1.82, 2.24) is 10.8 Å². The number of rotatable bonds is 9. The summed E-state index contributed by atoms with van der Waals surface area (Å²) < 4.78 is 25.1. The van der Waals surface area contributed by atoms with E-state index in [2.05, 4.69) is 17.7 Å². The molecule has 0 aromatic carbocycles. The summed E-state index contributed by atoms with van der Waals surface area (Å²) >= 11 is 5.88. The monoisotopic (exact) mass is 418 g/mol. The van der Waals surface area contributed by atoms with E-state index in [9.17, 15) is 9.18 Å². The molecule has 2 bridgehead atoms. The van der Waals surface area contributed by atoms with Gasteiger partial charge < -0.3 is 14.8 Å². The summed E-state index contributed by atoms with van der Waals surface area (Å²) in [4.78, 5) is 17.7. The van der Waals surface area contributed by atoms with Gasteiger partial charge in [-0.05, 0) is 44.9 Å². The van der Waals surface area contributed by atoms with Gasteiger partial charge in [-0.2, -0.15) is 5.48 Å². The fourth-order valence-electron chi connectivity index (χ4n) is 5.37. The summed E-state index contributed by atoms with van der Waals surface area (Å²) in [5.41, 5.74) is 3.20. The van der Waals surface area contributed by atoms with Crippen LogP contribution in [0.1, 0.15) is 58.3 Å². The number of ether oxygens (including phenoxy) is 2. The van der Waals surface area contributed by atoms with Crippen molar-refractivity contribution in [3.8, 4) is 0 Å². The molecule has 5 rings (SSSR count). The minimum absolute atomic E-state index is 0.000202. The van der Waals surface area contributed by atoms with Crippen LogP contribution >= 0.6 is 11.6 Å². The van der Waals surface area contributed by atoms with Crippen molar-refractivity contribution in [2.45, 2.75) is 93.6 Å². The molecule has 5 atom stereocenters. The lowest BCUT2D eigenvalue weighted by atomic mass is 9.39. The molecule has 6 nitrogen and oxygen atoms in total. The number of halogens is 2. The first-order valence-corrected chi connectivity index (χ1v) is 11.0. The van der Waals surface area contributed by atoms with E-state index in [0.29, 0.717) is 25.5 Å². The zero-order valence-electron chi connectivity index (χ0n) is 16.6. The lowest BCUT2D eigenvalue weighted by Crippen LogP contribution is -2.76. The fraction of sp³-hybridized carbons (Fsp3) is 0.950. The second kappa shape index (κ2) is 8.34. The first kappa shape index (κ1) is 20.8. The first-order valence-electron chi connectivity index (χ1n) is 10.6. The van der Waals surface area contributed by atoms with Gasteiger partial charge >= 0.3 is 0 Å². The van der Waals surface area contributed by atoms with E-state index in [1.54, 1.807) is 0 Å². The van der Waals surface area contributed by atoms with Crippen molar-refractivity contribution in [3.63, 3.8) is 0 Å². The molecule has 0 spiro atoms. The molecule has 8 heteroatoms. The molecule has 1 aliphatic heterocycles. The molecule has 5 fully saturated rings. The Morgan fingerprint density at radius 3 is 2.79 bits per heavy atom. The third-order valence-corrected chi connectivity index (χ3v) is 7.29. The predicted molar refractivity (Wildman–Crippen MR) is 103 cm³/mol. The Bertz CT molecular complexity index is 561. The Labute approximate surface area is 171 Å². The van der Waals surface area contributed by atoms with Crippen LogP contribution in [0, 0.1) is 5.41 Å². The summed E-state index contributed by atoms with van der Waals surface area (Å²) in [6.07, 6.45) is 5.46. The van der Waals surface area contributed by atoms with Crippen molar-refractivity contribution in [2.75, 3.05) is 19.8 Å². The number of amides is 1. The van der Waals surface area contributed by atoms with Crippen LogP contribution < -0.4 is 10.8 Å². The van der Waals surface area contributed by atoms with Crippen LogP contribution in [0.25, 0.3) is 0 Å². The van der Waals surface area contributed by atoms with Gasteiger partial charge in [0.2, 0.25) is 5.91 Å². The van der Waals surface area contributed by atoms with Gasteiger partial charge in [0.15, 0.2) is 0 Å². The molecule has 0 aromatic heterocycles. The van der Waals surface area contributed by atoms with Crippen LogP contribution in [0.4, 0.5) is 4.39 Å². The van der Waals surface area contributed by atoms with E-state index in [0.717, 1.165) is 38.7 Å². The van der Waals surface area contributed by atoms with Crippen LogP contribution in [0.5, 0.6) is 0 Å². The molecule has 5 aliphatic rings. The molecule has 28 heavy (non-hydrogen) atoms. The van der Waals surface area contributed by atoms with Crippen LogP contribution in [0.2, 0.25) is 0 Å². The van der Waals surface area contributed by atoms with Crippen LogP contribution in [-0.4, -0.2) is 61.1 Å². The average molecular weight is 419 g/mol. The van der Waals surface area contributed by atoms with Gasteiger partial charge in [0.25, 0.3) is 0 Å². The number of carbonyl (C=O) groups is 1. The number of hydrogen-bond acceptors (Lipinski definition) is 5. The summed E-state index contributed by atoms with van der Waals surface area (Å²) in [5.74, 6) is -0.103. The second-order valence-corrected chi connectivity index (χ2v) is 9.91.